The molecule has 0 aromatic carbocycles. The highest BCUT2D eigenvalue weighted by molar-refractivity contribution is 5.76. The van der Waals surface area contributed by atoms with Crippen LogP contribution in [0.3, 0.4) is 0 Å². The molecular weight excluding hydrogens is 282 g/mol. The van der Waals surface area contributed by atoms with Crippen molar-refractivity contribution in [2.24, 2.45) is 16.1 Å². The number of rotatable bonds is 7. The summed E-state index contributed by atoms with van der Waals surface area (Å²) >= 11 is 0. The summed E-state index contributed by atoms with van der Waals surface area (Å²) in [5, 5.41) is 17.0. The number of carboxylic acids is 1. The van der Waals surface area contributed by atoms with Gasteiger partial charge in [-0.05, 0) is 25.2 Å². The van der Waals surface area contributed by atoms with Crippen LogP contribution < -0.4 is 0 Å². The summed E-state index contributed by atoms with van der Waals surface area (Å²) < 4.78 is 0. The number of carbonyl (C=O) groups is 2. The normalized spacial score (nSPS) is 22.7. The van der Waals surface area contributed by atoms with E-state index in [1.807, 2.05) is 4.90 Å². The Kier molecular flexibility index (Phi) is 5.53. The van der Waals surface area contributed by atoms with Crippen LogP contribution in [0.2, 0.25) is 0 Å². The quantitative estimate of drug-likeness (QED) is 0.733. The van der Waals surface area contributed by atoms with Gasteiger partial charge < -0.3 is 10.0 Å². The second-order valence-corrected chi connectivity index (χ2v) is 6.16. The third-order valence-corrected chi connectivity index (χ3v) is 4.46. The summed E-state index contributed by atoms with van der Waals surface area (Å²) in [6, 6.07) is 0. The first kappa shape index (κ1) is 16.5. The lowest BCUT2D eigenvalue weighted by Gasteiger charge is -2.21. The van der Waals surface area contributed by atoms with Crippen LogP contribution in [0.4, 0.5) is 0 Å². The van der Waals surface area contributed by atoms with Crippen molar-refractivity contribution < 1.29 is 14.7 Å². The highest BCUT2D eigenvalue weighted by atomic mass is 16.4. The van der Waals surface area contributed by atoms with Crippen molar-refractivity contribution in [3.05, 3.63) is 0 Å². The maximum atomic E-state index is 12.3. The summed E-state index contributed by atoms with van der Waals surface area (Å²) in [6.45, 7) is 1.38. The molecule has 0 saturated carbocycles. The highest BCUT2D eigenvalue weighted by Crippen LogP contribution is 2.37. The van der Waals surface area contributed by atoms with Crippen molar-refractivity contribution in [2.45, 2.75) is 57.0 Å². The number of carbonyl (C=O) groups excluding carboxylic acids is 1. The fourth-order valence-corrected chi connectivity index (χ4v) is 3.00. The largest absolute Gasteiger partial charge is 0.481 e. The number of aliphatic carboxylic acids is 1. The molecule has 2 aliphatic heterocycles. The van der Waals surface area contributed by atoms with Gasteiger partial charge in [-0.3, -0.25) is 9.59 Å². The van der Waals surface area contributed by atoms with Crippen LogP contribution in [-0.2, 0) is 9.59 Å². The summed E-state index contributed by atoms with van der Waals surface area (Å²) in [5.74, 6) is 2.13. The molecule has 0 aromatic heterocycles. The van der Waals surface area contributed by atoms with Crippen molar-refractivity contribution in [1.82, 2.24) is 4.90 Å². The molecule has 2 rings (SSSR count). The number of likely N-dealkylation sites (tertiary alicyclic amines) is 1. The molecule has 1 amide bonds. The summed E-state index contributed by atoms with van der Waals surface area (Å²) in [5.41, 5.74) is -0.403. The third-order valence-electron chi connectivity index (χ3n) is 4.46. The Labute approximate surface area is 131 Å². The van der Waals surface area contributed by atoms with E-state index in [0.717, 1.165) is 32.2 Å². The van der Waals surface area contributed by atoms with Crippen LogP contribution in [0.1, 0.15) is 51.4 Å². The SMILES string of the molecule is C#CCCC1(CCC(=O)N2CCCC(CC(=O)O)CC2)N=N1. The van der Waals surface area contributed by atoms with Gasteiger partial charge in [-0.15, -0.1) is 12.3 Å². The molecule has 0 aromatic rings. The van der Waals surface area contributed by atoms with E-state index < -0.39 is 11.6 Å². The van der Waals surface area contributed by atoms with E-state index in [4.69, 9.17) is 11.5 Å². The molecule has 0 aliphatic carbocycles. The van der Waals surface area contributed by atoms with Crippen LogP contribution in [-0.4, -0.2) is 40.6 Å². The average Bonchev–Trinajstić information content (AvgIpc) is 3.27. The predicted molar refractivity (Wildman–Crippen MR) is 81.1 cm³/mol. The number of carboxylic acid groups (broad SMARTS) is 1. The zero-order valence-electron chi connectivity index (χ0n) is 12.8. The summed E-state index contributed by atoms with van der Waals surface area (Å²) in [4.78, 5) is 25.0. The smallest absolute Gasteiger partial charge is 0.303 e. The number of hydrogen-bond donors (Lipinski definition) is 1. The van der Waals surface area contributed by atoms with E-state index in [2.05, 4.69) is 16.1 Å². The number of terminal acetylenes is 1. The lowest BCUT2D eigenvalue weighted by atomic mass is 9.97. The Morgan fingerprint density at radius 1 is 1.27 bits per heavy atom. The van der Waals surface area contributed by atoms with Crippen molar-refractivity contribution in [3.63, 3.8) is 0 Å². The van der Waals surface area contributed by atoms with Crippen molar-refractivity contribution >= 4 is 11.9 Å². The van der Waals surface area contributed by atoms with Crippen LogP contribution >= 0.6 is 0 Å². The first-order chi connectivity index (χ1) is 10.5. The van der Waals surface area contributed by atoms with Gasteiger partial charge in [0.25, 0.3) is 0 Å². The Hall–Kier alpha value is -1.90. The molecular formula is C16H23N3O3. The third kappa shape index (κ3) is 4.83. The van der Waals surface area contributed by atoms with Crippen molar-refractivity contribution in [3.8, 4) is 12.3 Å². The minimum Gasteiger partial charge on any atom is -0.481 e. The molecule has 2 aliphatic rings. The monoisotopic (exact) mass is 305 g/mol. The van der Waals surface area contributed by atoms with E-state index in [0.29, 0.717) is 25.8 Å². The number of amides is 1. The Bertz CT molecular complexity index is 489. The van der Waals surface area contributed by atoms with E-state index in [9.17, 15) is 9.59 Å². The minimum atomic E-state index is -0.753. The van der Waals surface area contributed by atoms with Crippen LogP contribution in [0.5, 0.6) is 0 Å². The van der Waals surface area contributed by atoms with Gasteiger partial charge >= 0.3 is 5.97 Å². The lowest BCUT2D eigenvalue weighted by molar-refractivity contribution is -0.138. The van der Waals surface area contributed by atoms with Gasteiger partial charge in [-0.1, -0.05) is 0 Å². The molecule has 0 bridgehead atoms. The Morgan fingerprint density at radius 2 is 2.05 bits per heavy atom. The van der Waals surface area contributed by atoms with E-state index in [1.165, 1.54) is 0 Å². The summed E-state index contributed by atoms with van der Waals surface area (Å²) in [7, 11) is 0. The fourth-order valence-electron chi connectivity index (χ4n) is 3.00. The zero-order chi connectivity index (χ0) is 16.0. The zero-order valence-corrected chi connectivity index (χ0v) is 12.8. The minimum absolute atomic E-state index is 0.119. The van der Waals surface area contributed by atoms with Crippen LogP contribution in [0, 0.1) is 18.3 Å². The van der Waals surface area contributed by atoms with Gasteiger partial charge in [0, 0.05) is 45.2 Å². The average molecular weight is 305 g/mol. The molecule has 2 heterocycles. The molecule has 1 N–H and O–H groups in total. The summed E-state index contributed by atoms with van der Waals surface area (Å²) in [6.07, 6.45) is 10.4. The fraction of sp³-hybridized carbons (Fsp3) is 0.750. The van der Waals surface area contributed by atoms with Gasteiger partial charge in [0.2, 0.25) is 5.91 Å². The number of hydrogen-bond acceptors (Lipinski definition) is 4. The standard InChI is InChI=1S/C16H23N3O3/c1-2-3-8-16(17-18-16)9-6-14(20)19-10-4-5-13(7-11-19)12-15(21)22/h1,13H,3-12H2,(H,21,22). The highest BCUT2D eigenvalue weighted by Gasteiger charge is 2.39. The molecule has 120 valence electrons. The number of nitrogens with zero attached hydrogens (tertiary/aromatic N) is 3. The predicted octanol–water partition coefficient (Wildman–Crippen LogP) is 2.45. The molecule has 6 heteroatoms. The van der Waals surface area contributed by atoms with Crippen molar-refractivity contribution in [1.29, 1.82) is 0 Å². The first-order valence-electron chi connectivity index (χ1n) is 7.92. The topological polar surface area (TPSA) is 82.3 Å². The Morgan fingerprint density at radius 3 is 2.68 bits per heavy atom. The molecule has 1 unspecified atom stereocenters. The van der Waals surface area contributed by atoms with E-state index in [1.54, 1.807) is 0 Å². The molecule has 1 atom stereocenters. The van der Waals surface area contributed by atoms with Crippen LogP contribution in [0.25, 0.3) is 0 Å². The molecule has 6 nitrogen and oxygen atoms in total. The molecule has 1 saturated heterocycles. The van der Waals surface area contributed by atoms with Gasteiger partial charge in [-0.25, -0.2) is 0 Å². The van der Waals surface area contributed by atoms with Crippen LogP contribution in [0.15, 0.2) is 10.2 Å². The second kappa shape index (κ2) is 7.39. The second-order valence-electron chi connectivity index (χ2n) is 6.16. The van der Waals surface area contributed by atoms with Gasteiger partial charge in [-0.2, -0.15) is 10.2 Å². The van der Waals surface area contributed by atoms with Gasteiger partial charge in [0.1, 0.15) is 0 Å². The molecule has 1 fully saturated rings. The molecule has 22 heavy (non-hydrogen) atoms. The molecule has 0 spiro atoms. The van der Waals surface area contributed by atoms with E-state index >= 15 is 0 Å². The van der Waals surface area contributed by atoms with E-state index in [-0.39, 0.29) is 18.2 Å². The van der Waals surface area contributed by atoms with Crippen molar-refractivity contribution in [2.75, 3.05) is 13.1 Å². The first-order valence-corrected chi connectivity index (χ1v) is 7.92. The van der Waals surface area contributed by atoms with Gasteiger partial charge in [0.15, 0.2) is 5.66 Å². The maximum absolute atomic E-state index is 12.3. The maximum Gasteiger partial charge on any atom is 0.303 e. The lowest BCUT2D eigenvalue weighted by Crippen LogP contribution is -2.32. The Balaban J connectivity index is 1.74. The van der Waals surface area contributed by atoms with Gasteiger partial charge in [0.05, 0.1) is 0 Å². The molecule has 0 radical (unpaired) electrons.